The van der Waals surface area contributed by atoms with Gasteiger partial charge in [-0.15, -0.1) is 0 Å². The molecule has 160 valence electrons. The highest BCUT2D eigenvalue weighted by Gasteiger charge is 2.27. The number of anilines is 3. The van der Waals surface area contributed by atoms with Crippen molar-refractivity contribution in [3.05, 3.63) is 69.6 Å². The molecule has 0 saturated carbocycles. The number of piperazine rings is 1. The molecule has 0 aliphatic carbocycles. The predicted octanol–water partition coefficient (Wildman–Crippen LogP) is 3.30. The van der Waals surface area contributed by atoms with E-state index in [1.54, 1.807) is 4.90 Å². The number of hydrogen-bond donors (Lipinski definition) is 1. The second-order valence-electron chi connectivity index (χ2n) is 7.36. The molecule has 2 aromatic heterocycles. The van der Waals surface area contributed by atoms with Gasteiger partial charge in [-0.25, -0.2) is 4.98 Å². The molecule has 0 atom stereocenters. The number of rotatable bonds is 5. The Morgan fingerprint density at radius 3 is 2.42 bits per heavy atom. The van der Waals surface area contributed by atoms with Crippen molar-refractivity contribution in [2.24, 2.45) is 0 Å². The van der Waals surface area contributed by atoms with Crippen LogP contribution in [0.4, 0.5) is 23.3 Å². The van der Waals surface area contributed by atoms with Gasteiger partial charge in [0.1, 0.15) is 10.7 Å². The van der Waals surface area contributed by atoms with Crippen LogP contribution in [0.5, 0.6) is 0 Å². The zero-order valence-electron chi connectivity index (χ0n) is 17.2. The molecule has 4 rings (SSSR count). The van der Waals surface area contributed by atoms with E-state index in [2.05, 4.69) is 15.3 Å². The molecule has 3 aromatic rings. The summed E-state index contributed by atoms with van der Waals surface area (Å²) in [5.74, 6) is 0.461. The van der Waals surface area contributed by atoms with Crippen molar-refractivity contribution in [3.63, 3.8) is 0 Å². The fourth-order valence-electron chi connectivity index (χ4n) is 3.35. The molecule has 0 radical (unpaired) electrons. The topological polar surface area (TPSA) is 118 Å². The third-order valence-electron chi connectivity index (χ3n) is 5.00. The smallest absolute Gasteiger partial charge is 0.395 e. The number of hydrogen-bond acceptors (Lipinski definition) is 8. The summed E-state index contributed by atoms with van der Waals surface area (Å²) in [6.07, 6.45) is 0. The fourth-order valence-corrected chi connectivity index (χ4v) is 3.35. The van der Waals surface area contributed by atoms with Crippen LogP contribution in [-0.2, 0) is 0 Å². The molecule has 10 nitrogen and oxygen atoms in total. The first kappa shape index (κ1) is 20.3. The first-order chi connectivity index (χ1) is 14.9. The molecule has 31 heavy (non-hydrogen) atoms. The third kappa shape index (κ3) is 4.63. The summed E-state index contributed by atoms with van der Waals surface area (Å²) >= 11 is 0. The number of carbonyl (C=O) groups excluding carboxylic acids is 1. The maximum Gasteiger partial charge on any atom is 0.433 e. The highest BCUT2D eigenvalue weighted by atomic mass is 16.6. The van der Waals surface area contributed by atoms with Crippen LogP contribution in [0.2, 0.25) is 0 Å². The summed E-state index contributed by atoms with van der Waals surface area (Å²) in [5, 5.41) is 14.1. The molecule has 1 amide bonds. The number of nitro groups is 1. The normalized spacial score (nSPS) is 13.9. The number of amides is 1. The van der Waals surface area contributed by atoms with Crippen LogP contribution in [-0.4, -0.2) is 51.9 Å². The van der Waals surface area contributed by atoms with Gasteiger partial charge in [0.05, 0.1) is 6.07 Å². The van der Waals surface area contributed by atoms with Crippen molar-refractivity contribution in [2.45, 2.75) is 13.8 Å². The van der Waals surface area contributed by atoms with Gasteiger partial charge in [0.15, 0.2) is 5.76 Å². The van der Waals surface area contributed by atoms with Gasteiger partial charge in [-0.3, -0.25) is 14.9 Å². The van der Waals surface area contributed by atoms with Crippen LogP contribution < -0.4 is 10.2 Å². The molecule has 1 aliphatic heterocycles. The first-order valence-corrected chi connectivity index (χ1v) is 9.87. The number of furan rings is 1. The van der Waals surface area contributed by atoms with Crippen LogP contribution in [0.15, 0.2) is 46.9 Å². The summed E-state index contributed by atoms with van der Waals surface area (Å²) in [5.41, 5.74) is 2.96. The minimum atomic E-state index is -0.661. The van der Waals surface area contributed by atoms with E-state index >= 15 is 0 Å². The van der Waals surface area contributed by atoms with Gasteiger partial charge in [-0.2, -0.15) is 4.98 Å². The Morgan fingerprint density at radius 2 is 1.77 bits per heavy atom. The Bertz CT molecular complexity index is 1100. The highest BCUT2D eigenvalue weighted by Crippen LogP contribution is 2.21. The van der Waals surface area contributed by atoms with Gasteiger partial charge >= 0.3 is 5.88 Å². The zero-order valence-corrected chi connectivity index (χ0v) is 17.2. The number of aryl methyl sites for hydroxylation is 2. The van der Waals surface area contributed by atoms with Gasteiger partial charge in [-0.1, -0.05) is 17.7 Å². The summed E-state index contributed by atoms with van der Waals surface area (Å²) in [7, 11) is 0. The summed E-state index contributed by atoms with van der Waals surface area (Å²) in [6, 6.07) is 12.5. The van der Waals surface area contributed by atoms with Gasteiger partial charge in [0.2, 0.25) is 5.95 Å². The molecule has 1 fully saturated rings. The van der Waals surface area contributed by atoms with Crippen LogP contribution in [0.25, 0.3) is 0 Å². The van der Waals surface area contributed by atoms with Crippen LogP contribution >= 0.6 is 0 Å². The molecule has 0 spiro atoms. The zero-order chi connectivity index (χ0) is 22.0. The van der Waals surface area contributed by atoms with E-state index < -0.39 is 10.8 Å². The van der Waals surface area contributed by atoms with Gasteiger partial charge in [0.25, 0.3) is 5.91 Å². The van der Waals surface area contributed by atoms with E-state index in [1.165, 1.54) is 17.7 Å². The lowest BCUT2D eigenvalue weighted by Gasteiger charge is -2.34. The van der Waals surface area contributed by atoms with Gasteiger partial charge in [-0.05, 0) is 32.0 Å². The van der Waals surface area contributed by atoms with E-state index in [4.69, 9.17) is 4.42 Å². The number of benzene rings is 1. The van der Waals surface area contributed by atoms with E-state index in [9.17, 15) is 14.9 Å². The van der Waals surface area contributed by atoms with Crippen molar-refractivity contribution < 1.29 is 14.1 Å². The lowest BCUT2D eigenvalue weighted by molar-refractivity contribution is -0.402. The number of carbonyl (C=O) groups is 1. The predicted molar refractivity (Wildman–Crippen MR) is 115 cm³/mol. The summed E-state index contributed by atoms with van der Waals surface area (Å²) < 4.78 is 5.03. The second-order valence-corrected chi connectivity index (χ2v) is 7.36. The Kier molecular flexibility index (Phi) is 5.52. The standard InChI is InChI=1S/C21H22N6O4/c1-14-3-5-16(6-4-14)23-18-13-15(2)22-21(24-18)26-11-9-25(10-12-26)20(28)17-7-8-19(31-17)27(29)30/h3-8,13H,9-12H2,1-2H3,(H,22,23,24). The Hall–Kier alpha value is -3.95. The molecular formula is C21H22N6O4. The van der Waals surface area contributed by atoms with Crippen LogP contribution in [0.3, 0.4) is 0 Å². The second kappa shape index (κ2) is 8.42. The third-order valence-corrected chi connectivity index (χ3v) is 5.00. The molecule has 3 heterocycles. The Labute approximate surface area is 178 Å². The molecule has 1 aliphatic rings. The Morgan fingerprint density at radius 1 is 1.06 bits per heavy atom. The fraction of sp³-hybridized carbons (Fsp3) is 0.286. The molecular weight excluding hydrogens is 400 g/mol. The number of nitrogens with zero attached hydrogens (tertiary/aromatic N) is 5. The molecule has 1 aromatic carbocycles. The van der Waals surface area contributed by atoms with Crippen molar-refractivity contribution in [3.8, 4) is 0 Å². The SMILES string of the molecule is Cc1ccc(Nc2cc(C)nc(N3CCN(C(=O)c4ccc([N+](=O)[O-])o4)CC3)n2)cc1. The largest absolute Gasteiger partial charge is 0.433 e. The molecule has 0 unspecified atom stereocenters. The number of aromatic nitrogens is 2. The molecule has 10 heteroatoms. The lowest BCUT2D eigenvalue weighted by atomic mass is 10.2. The minimum absolute atomic E-state index is 0.0310. The molecule has 0 bridgehead atoms. The Balaban J connectivity index is 1.42. The van der Waals surface area contributed by atoms with Crippen molar-refractivity contribution in [2.75, 3.05) is 36.4 Å². The van der Waals surface area contributed by atoms with E-state index in [0.717, 1.165) is 11.4 Å². The van der Waals surface area contributed by atoms with E-state index in [1.807, 2.05) is 49.1 Å². The van der Waals surface area contributed by atoms with Crippen molar-refractivity contribution in [1.29, 1.82) is 0 Å². The average molecular weight is 422 g/mol. The van der Waals surface area contributed by atoms with Crippen molar-refractivity contribution in [1.82, 2.24) is 14.9 Å². The maximum absolute atomic E-state index is 12.6. The minimum Gasteiger partial charge on any atom is -0.395 e. The quantitative estimate of drug-likeness (QED) is 0.492. The van der Waals surface area contributed by atoms with Crippen LogP contribution in [0.1, 0.15) is 21.8 Å². The average Bonchev–Trinajstić information content (AvgIpc) is 3.25. The van der Waals surface area contributed by atoms with Gasteiger partial charge < -0.3 is 19.5 Å². The van der Waals surface area contributed by atoms with Crippen LogP contribution in [0, 0.1) is 24.0 Å². The van der Waals surface area contributed by atoms with Crippen molar-refractivity contribution >= 4 is 29.2 Å². The van der Waals surface area contributed by atoms with E-state index in [-0.39, 0.29) is 11.7 Å². The highest BCUT2D eigenvalue weighted by molar-refractivity contribution is 5.92. The first-order valence-electron chi connectivity index (χ1n) is 9.87. The van der Waals surface area contributed by atoms with E-state index in [0.29, 0.717) is 37.9 Å². The lowest BCUT2D eigenvalue weighted by Crippen LogP contribution is -2.49. The molecule has 1 N–H and O–H groups in total. The maximum atomic E-state index is 12.6. The number of nitrogens with one attached hydrogen (secondary N) is 1. The summed E-state index contributed by atoms with van der Waals surface area (Å²) in [6.45, 7) is 5.91. The van der Waals surface area contributed by atoms with Gasteiger partial charge in [0, 0.05) is 43.6 Å². The molecule has 1 saturated heterocycles. The summed E-state index contributed by atoms with van der Waals surface area (Å²) in [4.78, 5) is 35.5. The monoisotopic (exact) mass is 422 g/mol.